The SMILES string of the molecule is CO[C@@H]1C[C@H]2CN(C(=O)c3ccc(F)cc3Cl)C[C@H]2C[C@H]1NC(C)=O. The molecular formula is C18H22ClFN2O3. The molecule has 7 heteroatoms. The van der Waals surface area contributed by atoms with Gasteiger partial charge < -0.3 is 15.0 Å². The highest BCUT2D eigenvalue weighted by Crippen LogP contribution is 2.38. The summed E-state index contributed by atoms with van der Waals surface area (Å²) in [6, 6.07) is 3.80. The second kappa shape index (κ2) is 7.30. The number of amides is 2. The molecule has 3 rings (SSSR count). The Hall–Kier alpha value is -1.66. The first-order valence-electron chi connectivity index (χ1n) is 8.43. The summed E-state index contributed by atoms with van der Waals surface area (Å²) in [6.45, 7) is 2.74. The van der Waals surface area contributed by atoms with Crippen molar-refractivity contribution in [3.8, 4) is 0 Å². The van der Waals surface area contributed by atoms with Crippen molar-refractivity contribution in [3.05, 3.63) is 34.6 Å². The predicted octanol–water partition coefficient (Wildman–Crippen LogP) is 2.48. The van der Waals surface area contributed by atoms with Gasteiger partial charge in [0.1, 0.15) is 5.82 Å². The summed E-state index contributed by atoms with van der Waals surface area (Å²) >= 11 is 6.03. The minimum Gasteiger partial charge on any atom is -0.379 e. The second-order valence-electron chi connectivity index (χ2n) is 6.91. The average molecular weight is 369 g/mol. The van der Waals surface area contributed by atoms with Gasteiger partial charge in [-0.05, 0) is 42.9 Å². The number of ether oxygens (including phenoxy) is 1. The maximum atomic E-state index is 13.2. The first-order chi connectivity index (χ1) is 11.9. The van der Waals surface area contributed by atoms with Crippen LogP contribution < -0.4 is 5.32 Å². The molecule has 2 amide bonds. The lowest BCUT2D eigenvalue weighted by Crippen LogP contribution is -2.49. The van der Waals surface area contributed by atoms with Gasteiger partial charge in [0.05, 0.1) is 22.7 Å². The monoisotopic (exact) mass is 368 g/mol. The zero-order valence-corrected chi connectivity index (χ0v) is 15.1. The van der Waals surface area contributed by atoms with Gasteiger partial charge in [-0.15, -0.1) is 0 Å². The summed E-state index contributed by atoms with van der Waals surface area (Å²) in [7, 11) is 1.65. The zero-order chi connectivity index (χ0) is 18.1. The molecular weight excluding hydrogens is 347 g/mol. The van der Waals surface area contributed by atoms with E-state index in [9.17, 15) is 14.0 Å². The van der Waals surface area contributed by atoms with Crippen LogP contribution in [0.2, 0.25) is 5.02 Å². The van der Waals surface area contributed by atoms with E-state index < -0.39 is 5.82 Å². The Morgan fingerprint density at radius 1 is 1.28 bits per heavy atom. The molecule has 1 aromatic rings. The highest BCUT2D eigenvalue weighted by atomic mass is 35.5. The number of nitrogens with one attached hydrogen (secondary N) is 1. The molecule has 136 valence electrons. The zero-order valence-electron chi connectivity index (χ0n) is 14.3. The Morgan fingerprint density at radius 3 is 2.56 bits per heavy atom. The number of halogens is 2. The van der Waals surface area contributed by atoms with Crippen LogP contribution in [-0.2, 0) is 9.53 Å². The van der Waals surface area contributed by atoms with Gasteiger partial charge in [-0.25, -0.2) is 4.39 Å². The smallest absolute Gasteiger partial charge is 0.255 e. The summed E-state index contributed by atoms with van der Waals surface area (Å²) < 4.78 is 18.7. The minimum absolute atomic E-state index is 0.0341. The molecule has 5 nitrogen and oxygen atoms in total. The van der Waals surface area contributed by atoms with E-state index in [0.717, 1.165) is 18.9 Å². The third-order valence-electron chi connectivity index (χ3n) is 5.26. The minimum atomic E-state index is -0.460. The van der Waals surface area contributed by atoms with Gasteiger partial charge in [-0.1, -0.05) is 11.6 Å². The van der Waals surface area contributed by atoms with Gasteiger partial charge in [0.2, 0.25) is 5.91 Å². The fraction of sp³-hybridized carbons (Fsp3) is 0.556. The van der Waals surface area contributed by atoms with E-state index >= 15 is 0 Å². The van der Waals surface area contributed by atoms with E-state index in [2.05, 4.69) is 5.32 Å². The lowest BCUT2D eigenvalue weighted by Gasteiger charge is -2.37. The first-order valence-corrected chi connectivity index (χ1v) is 8.81. The van der Waals surface area contributed by atoms with Crippen LogP contribution in [0.25, 0.3) is 0 Å². The molecule has 1 aliphatic carbocycles. The average Bonchev–Trinajstić information content (AvgIpc) is 2.95. The van der Waals surface area contributed by atoms with Crippen molar-refractivity contribution >= 4 is 23.4 Å². The standard InChI is InChI=1S/C18H22ClFN2O3/c1-10(23)21-16-5-11-8-22(9-12(11)6-17(16)25-2)18(24)14-4-3-13(20)7-15(14)19/h3-4,7,11-12,16-17H,5-6,8-9H2,1-2H3,(H,21,23)/t11-,12+,16-,17-/m1/s1. The molecule has 2 aliphatic rings. The Kier molecular flexibility index (Phi) is 5.29. The van der Waals surface area contributed by atoms with Crippen molar-refractivity contribution < 1.29 is 18.7 Å². The Balaban J connectivity index is 1.72. The van der Waals surface area contributed by atoms with E-state index in [1.807, 2.05) is 0 Å². The number of benzene rings is 1. The summed E-state index contributed by atoms with van der Waals surface area (Å²) in [5.74, 6) is -0.0683. The van der Waals surface area contributed by atoms with E-state index in [1.165, 1.54) is 19.1 Å². The number of carbonyl (C=O) groups excluding carboxylic acids is 2. The van der Waals surface area contributed by atoms with Crippen molar-refractivity contribution in [1.82, 2.24) is 10.2 Å². The molecule has 1 N–H and O–H groups in total. The van der Waals surface area contributed by atoms with Crippen molar-refractivity contribution in [2.75, 3.05) is 20.2 Å². The molecule has 25 heavy (non-hydrogen) atoms. The molecule has 2 fully saturated rings. The highest BCUT2D eigenvalue weighted by molar-refractivity contribution is 6.33. The van der Waals surface area contributed by atoms with Gasteiger partial charge in [-0.3, -0.25) is 9.59 Å². The van der Waals surface area contributed by atoms with Crippen LogP contribution in [0.3, 0.4) is 0 Å². The van der Waals surface area contributed by atoms with E-state index in [1.54, 1.807) is 12.0 Å². The van der Waals surface area contributed by atoms with Gasteiger partial charge in [0, 0.05) is 27.1 Å². The molecule has 0 bridgehead atoms. The predicted molar refractivity (Wildman–Crippen MR) is 91.9 cm³/mol. The lowest BCUT2D eigenvalue weighted by molar-refractivity contribution is -0.121. The maximum absolute atomic E-state index is 13.2. The molecule has 4 atom stereocenters. The number of hydrogen-bond donors (Lipinski definition) is 1. The van der Waals surface area contributed by atoms with E-state index in [4.69, 9.17) is 16.3 Å². The Labute approximate surface area is 151 Å². The van der Waals surface area contributed by atoms with Gasteiger partial charge in [0.15, 0.2) is 0 Å². The lowest BCUT2D eigenvalue weighted by atomic mass is 9.77. The highest BCUT2D eigenvalue weighted by Gasteiger charge is 2.44. The quantitative estimate of drug-likeness (QED) is 0.891. The number of carbonyl (C=O) groups is 2. The van der Waals surface area contributed by atoms with Crippen molar-refractivity contribution in [1.29, 1.82) is 0 Å². The van der Waals surface area contributed by atoms with E-state index in [0.29, 0.717) is 30.5 Å². The number of hydrogen-bond acceptors (Lipinski definition) is 3. The first kappa shape index (κ1) is 18.1. The fourth-order valence-corrected chi connectivity index (χ4v) is 4.33. The second-order valence-corrected chi connectivity index (χ2v) is 7.31. The molecule has 1 saturated heterocycles. The van der Waals surface area contributed by atoms with Crippen LogP contribution >= 0.6 is 11.6 Å². The number of likely N-dealkylation sites (tertiary alicyclic amines) is 1. The molecule has 1 aliphatic heterocycles. The molecule has 1 aromatic carbocycles. The Morgan fingerprint density at radius 2 is 1.96 bits per heavy atom. The van der Waals surface area contributed by atoms with Crippen LogP contribution in [0.4, 0.5) is 4.39 Å². The largest absolute Gasteiger partial charge is 0.379 e. The van der Waals surface area contributed by atoms with Crippen LogP contribution in [0.15, 0.2) is 18.2 Å². The van der Waals surface area contributed by atoms with Crippen LogP contribution in [0, 0.1) is 17.7 Å². The number of fused-ring (bicyclic) bond motifs is 1. The van der Waals surface area contributed by atoms with E-state index in [-0.39, 0.29) is 29.0 Å². The summed E-state index contributed by atoms with van der Waals surface area (Å²) in [4.78, 5) is 25.9. The summed E-state index contributed by atoms with van der Waals surface area (Å²) in [5, 5.41) is 3.09. The van der Waals surface area contributed by atoms with Crippen molar-refractivity contribution in [2.45, 2.75) is 31.9 Å². The summed E-state index contributed by atoms with van der Waals surface area (Å²) in [6.07, 6.45) is 1.53. The van der Waals surface area contributed by atoms with Gasteiger partial charge in [0.25, 0.3) is 5.91 Å². The van der Waals surface area contributed by atoms with Gasteiger partial charge in [-0.2, -0.15) is 0 Å². The molecule has 0 radical (unpaired) electrons. The number of methoxy groups -OCH3 is 1. The molecule has 0 spiro atoms. The normalized spacial score (nSPS) is 28.6. The molecule has 1 heterocycles. The molecule has 0 unspecified atom stereocenters. The molecule has 1 saturated carbocycles. The van der Waals surface area contributed by atoms with Crippen LogP contribution in [-0.4, -0.2) is 49.1 Å². The summed E-state index contributed by atoms with van der Waals surface area (Å²) in [5.41, 5.74) is 0.323. The maximum Gasteiger partial charge on any atom is 0.255 e. The van der Waals surface area contributed by atoms with Crippen molar-refractivity contribution in [3.63, 3.8) is 0 Å². The van der Waals surface area contributed by atoms with Gasteiger partial charge >= 0.3 is 0 Å². The third kappa shape index (κ3) is 3.80. The van der Waals surface area contributed by atoms with Crippen LogP contribution in [0.5, 0.6) is 0 Å². The fourth-order valence-electron chi connectivity index (χ4n) is 4.09. The third-order valence-corrected chi connectivity index (χ3v) is 5.57. The van der Waals surface area contributed by atoms with Crippen LogP contribution in [0.1, 0.15) is 30.1 Å². The Bertz CT molecular complexity index is 684. The number of nitrogens with zero attached hydrogens (tertiary/aromatic N) is 1. The topological polar surface area (TPSA) is 58.6 Å². The number of rotatable bonds is 3. The van der Waals surface area contributed by atoms with Crippen molar-refractivity contribution in [2.24, 2.45) is 11.8 Å². The molecule has 0 aromatic heterocycles.